The Bertz CT molecular complexity index is 855. The lowest BCUT2D eigenvalue weighted by atomic mass is 9.99. The Labute approximate surface area is 150 Å². The molecule has 3 rings (SSSR count). The van der Waals surface area contributed by atoms with E-state index in [1.165, 1.54) is 22.6 Å². The van der Waals surface area contributed by atoms with Crippen molar-refractivity contribution in [2.75, 3.05) is 0 Å². The van der Waals surface area contributed by atoms with Crippen molar-refractivity contribution in [3.05, 3.63) is 83.2 Å². The zero-order valence-electron chi connectivity index (χ0n) is 15.5. The van der Waals surface area contributed by atoms with Crippen LogP contribution in [0.15, 0.2) is 65.7 Å². The van der Waals surface area contributed by atoms with Crippen LogP contribution in [0.25, 0.3) is 5.69 Å². The predicted octanol–water partition coefficient (Wildman–Crippen LogP) is 6.36. The van der Waals surface area contributed by atoms with Crippen LogP contribution in [-0.4, -0.2) is 10.8 Å². The van der Waals surface area contributed by atoms with Crippen LogP contribution >= 0.6 is 0 Å². The fraction of sp³-hybridized carbons (Fsp3) is 0.261. The maximum Gasteiger partial charge on any atom is 0.0630 e. The van der Waals surface area contributed by atoms with Crippen LogP contribution in [0.2, 0.25) is 0 Å². The molecule has 0 amide bonds. The minimum absolute atomic E-state index is 0.600. The molecule has 0 aliphatic carbocycles. The average Bonchev–Trinajstić information content (AvgIpc) is 2.94. The van der Waals surface area contributed by atoms with Crippen molar-refractivity contribution >= 4 is 11.9 Å². The Morgan fingerprint density at radius 3 is 2.32 bits per heavy atom. The van der Waals surface area contributed by atoms with E-state index in [4.69, 9.17) is 0 Å². The first-order chi connectivity index (χ1) is 12.1. The molecule has 0 aliphatic heterocycles. The summed E-state index contributed by atoms with van der Waals surface area (Å²) in [5.41, 5.74) is 7.16. The Kier molecular flexibility index (Phi) is 5.18. The van der Waals surface area contributed by atoms with E-state index in [0.29, 0.717) is 5.92 Å². The first-order valence-electron chi connectivity index (χ1n) is 8.98. The molecule has 0 saturated carbocycles. The second-order valence-corrected chi connectivity index (χ2v) is 6.66. The second-order valence-electron chi connectivity index (χ2n) is 6.66. The minimum atomic E-state index is 0.600. The van der Waals surface area contributed by atoms with Gasteiger partial charge in [-0.2, -0.15) is 0 Å². The van der Waals surface area contributed by atoms with Gasteiger partial charge in [0.2, 0.25) is 0 Å². The van der Waals surface area contributed by atoms with Crippen LogP contribution in [0.3, 0.4) is 0 Å². The molecule has 0 saturated heterocycles. The molecule has 2 aromatic carbocycles. The van der Waals surface area contributed by atoms with E-state index in [0.717, 1.165) is 17.7 Å². The Morgan fingerprint density at radius 1 is 1.00 bits per heavy atom. The molecule has 2 heteroatoms. The molecule has 0 fully saturated rings. The summed E-state index contributed by atoms with van der Waals surface area (Å²) >= 11 is 0. The topological polar surface area (TPSA) is 17.3 Å². The highest BCUT2D eigenvalue weighted by molar-refractivity contribution is 5.84. The summed E-state index contributed by atoms with van der Waals surface area (Å²) in [6.07, 6.45) is 3.13. The monoisotopic (exact) mass is 330 g/mol. The molecular weight excluding hydrogens is 304 g/mol. The largest absolute Gasteiger partial charge is 0.318 e. The third-order valence-corrected chi connectivity index (χ3v) is 4.91. The molecule has 25 heavy (non-hydrogen) atoms. The third kappa shape index (κ3) is 3.74. The van der Waals surface area contributed by atoms with E-state index >= 15 is 0 Å². The quantitative estimate of drug-likeness (QED) is 0.484. The van der Waals surface area contributed by atoms with Gasteiger partial charge in [0.05, 0.1) is 5.69 Å². The molecule has 0 radical (unpaired) electrons. The molecule has 1 atom stereocenters. The van der Waals surface area contributed by atoms with Gasteiger partial charge in [-0.05, 0) is 62.1 Å². The van der Waals surface area contributed by atoms with Gasteiger partial charge in [-0.3, -0.25) is 4.99 Å². The van der Waals surface area contributed by atoms with Crippen LogP contribution in [0.1, 0.15) is 48.7 Å². The van der Waals surface area contributed by atoms with Gasteiger partial charge in [-0.15, -0.1) is 0 Å². The van der Waals surface area contributed by atoms with Crippen molar-refractivity contribution in [1.29, 1.82) is 0 Å². The van der Waals surface area contributed by atoms with Crippen molar-refractivity contribution in [2.45, 2.75) is 40.0 Å². The number of benzene rings is 2. The molecule has 2 nitrogen and oxygen atoms in total. The van der Waals surface area contributed by atoms with E-state index in [-0.39, 0.29) is 0 Å². The van der Waals surface area contributed by atoms with Crippen LogP contribution in [0.4, 0.5) is 5.69 Å². The lowest BCUT2D eigenvalue weighted by Gasteiger charge is -2.09. The number of para-hydroxylation sites is 1. The van der Waals surface area contributed by atoms with Gasteiger partial charge in [0.25, 0.3) is 0 Å². The molecule has 0 spiro atoms. The Hall–Kier alpha value is -2.61. The zero-order chi connectivity index (χ0) is 17.8. The van der Waals surface area contributed by atoms with E-state index in [1.807, 2.05) is 12.3 Å². The van der Waals surface area contributed by atoms with E-state index < -0.39 is 0 Å². The average molecular weight is 330 g/mol. The molecule has 3 aromatic rings. The smallest absolute Gasteiger partial charge is 0.0630 e. The van der Waals surface area contributed by atoms with Gasteiger partial charge in [0.15, 0.2) is 0 Å². The molecule has 128 valence electrons. The summed E-state index contributed by atoms with van der Waals surface area (Å²) in [6, 6.07) is 21.2. The van der Waals surface area contributed by atoms with Gasteiger partial charge in [-0.1, -0.05) is 44.2 Å². The fourth-order valence-electron chi connectivity index (χ4n) is 3.16. The molecule has 0 aliphatic rings. The van der Waals surface area contributed by atoms with Crippen molar-refractivity contribution in [1.82, 2.24) is 4.57 Å². The van der Waals surface area contributed by atoms with Gasteiger partial charge in [-0.25, -0.2) is 0 Å². The summed E-state index contributed by atoms with van der Waals surface area (Å²) in [5.74, 6) is 0.600. The highest BCUT2D eigenvalue weighted by atomic mass is 15.0. The fourth-order valence-corrected chi connectivity index (χ4v) is 3.16. The van der Waals surface area contributed by atoms with Gasteiger partial charge in [0.1, 0.15) is 0 Å². The summed E-state index contributed by atoms with van der Waals surface area (Å²) in [7, 11) is 0. The van der Waals surface area contributed by atoms with Crippen LogP contribution < -0.4 is 0 Å². The maximum absolute atomic E-state index is 4.67. The van der Waals surface area contributed by atoms with Gasteiger partial charge in [0, 0.05) is 28.9 Å². The van der Waals surface area contributed by atoms with Crippen molar-refractivity contribution < 1.29 is 0 Å². The SMILES string of the molecule is CC[C@H](C)c1ccc(N=Cc2cc(C)n(-c3ccccc3)c2C)cc1. The van der Waals surface area contributed by atoms with Crippen molar-refractivity contribution in [3.8, 4) is 5.69 Å². The number of aromatic nitrogens is 1. The van der Waals surface area contributed by atoms with E-state index in [2.05, 4.69) is 91.9 Å². The Morgan fingerprint density at radius 2 is 1.68 bits per heavy atom. The molecule has 1 aromatic heterocycles. The van der Waals surface area contributed by atoms with Gasteiger partial charge >= 0.3 is 0 Å². The van der Waals surface area contributed by atoms with Crippen molar-refractivity contribution in [3.63, 3.8) is 0 Å². The number of hydrogen-bond acceptors (Lipinski definition) is 1. The van der Waals surface area contributed by atoms with E-state index in [9.17, 15) is 0 Å². The number of nitrogens with zero attached hydrogens (tertiary/aromatic N) is 2. The summed E-state index contributed by atoms with van der Waals surface area (Å²) in [6.45, 7) is 8.77. The molecule has 0 bridgehead atoms. The number of aryl methyl sites for hydroxylation is 1. The second kappa shape index (κ2) is 7.52. The predicted molar refractivity (Wildman–Crippen MR) is 108 cm³/mol. The molecule has 0 N–H and O–H groups in total. The minimum Gasteiger partial charge on any atom is -0.318 e. The summed E-state index contributed by atoms with van der Waals surface area (Å²) in [5, 5.41) is 0. The third-order valence-electron chi connectivity index (χ3n) is 4.91. The van der Waals surface area contributed by atoms with Crippen LogP contribution in [0.5, 0.6) is 0 Å². The molecular formula is C23H26N2. The zero-order valence-corrected chi connectivity index (χ0v) is 15.5. The molecule has 1 heterocycles. The standard InChI is InChI=1S/C23H26N2/c1-5-17(2)20-11-13-22(14-12-20)24-16-21-15-18(3)25(19(21)4)23-9-7-6-8-10-23/h6-17H,5H2,1-4H3/t17-/m0/s1. The number of hydrogen-bond donors (Lipinski definition) is 0. The lowest BCUT2D eigenvalue weighted by Crippen LogP contribution is -1.99. The first kappa shape index (κ1) is 17.2. The summed E-state index contributed by atoms with van der Waals surface area (Å²) < 4.78 is 2.27. The van der Waals surface area contributed by atoms with E-state index in [1.54, 1.807) is 0 Å². The lowest BCUT2D eigenvalue weighted by molar-refractivity contribution is 0.734. The van der Waals surface area contributed by atoms with Crippen molar-refractivity contribution in [2.24, 2.45) is 4.99 Å². The highest BCUT2D eigenvalue weighted by Crippen LogP contribution is 2.23. The first-order valence-corrected chi connectivity index (χ1v) is 8.98. The normalized spacial score (nSPS) is 12.6. The number of aliphatic imine (C=N–C) groups is 1. The Balaban J connectivity index is 1.85. The maximum atomic E-state index is 4.67. The van der Waals surface area contributed by atoms with Crippen LogP contribution in [-0.2, 0) is 0 Å². The molecule has 0 unspecified atom stereocenters. The van der Waals surface area contributed by atoms with Crippen LogP contribution in [0, 0.1) is 13.8 Å². The number of rotatable bonds is 5. The summed E-state index contributed by atoms with van der Waals surface area (Å²) in [4.78, 5) is 4.67. The highest BCUT2D eigenvalue weighted by Gasteiger charge is 2.09. The van der Waals surface area contributed by atoms with Gasteiger partial charge < -0.3 is 4.57 Å².